The summed E-state index contributed by atoms with van der Waals surface area (Å²) in [6.45, 7) is 0. The van der Waals surface area contributed by atoms with E-state index in [1.165, 1.54) is 24.3 Å². The molecule has 10 unspecified atom stereocenters. The van der Waals surface area contributed by atoms with E-state index in [4.69, 9.17) is 16.3 Å². The van der Waals surface area contributed by atoms with Crippen molar-refractivity contribution in [1.82, 2.24) is 0 Å². The van der Waals surface area contributed by atoms with Crippen molar-refractivity contribution in [3.63, 3.8) is 0 Å². The highest BCUT2D eigenvalue weighted by molar-refractivity contribution is 6.30. The van der Waals surface area contributed by atoms with E-state index in [0.29, 0.717) is 12.2 Å². The molecule has 17 heavy (non-hydrogen) atoms. The van der Waals surface area contributed by atoms with Crippen molar-refractivity contribution in [1.29, 1.82) is 0 Å². The van der Waals surface area contributed by atoms with E-state index < -0.39 is 0 Å². The Morgan fingerprint density at radius 2 is 1.88 bits per heavy atom. The number of hydrogen-bond acceptors (Lipinski definition) is 1. The Kier molecular flexibility index (Phi) is 1.32. The Labute approximate surface area is 107 Å². The average molecular weight is 249 g/mol. The second-order valence-electron chi connectivity index (χ2n) is 7.42. The smallest absolute Gasteiger partial charge is 0.0878 e. The Morgan fingerprint density at radius 3 is 2.82 bits per heavy atom. The van der Waals surface area contributed by atoms with Crippen LogP contribution in [-0.4, -0.2) is 12.2 Å². The number of halogens is 1. The highest BCUT2D eigenvalue weighted by Crippen LogP contribution is 2.76. The van der Waals surface area contributed by atoms with Gasteiger partial charge < -0.3 is 4.74 Å². The lowest BCUT2D eigenvalue weighted by molar-refractivity contribution is 0.0668. The fourth-order valence-corrected chi connectivity index (χ4v) is 7.34. The average Bonchev–Trinajstić information content (AvgIpc) is 2.65. The van der Waals surface area contributed by atoms with E-state index in [9.17, 15) is 0 Å². The molecular weight excluding hydrogens is 232 g/mol. The topological polar surface area (TPSA) is 12.5 Å². The number of epoxide rings is 1. The van der Waals surface area contributed by atoms with Gasteiger partial charge >= 0.3 is 0 Å². The molecule has 0 amide bonds. The van der Waals surface area contributed by atoms with Gasteiger partial charge in [-0.25, -0.2) is 0 Å². The van der Waals surface area contributed by atoms with Crippen LogP contribution < -0.4 is 0 Å². The van der Waals surface area contributed by atoms with E-state index in [2.05, 4.69) is 6.08 Å². The first-order chi connectivity index (χ1) is 8.33. The van der Waals surface area contributed by atoms with Gasteiger partial charge in [-0.15, -0.1) is 0 Å². The molecule has 1 aliphatic heterocycles. The van der Waals surface area contributed by atoms with E-state index in [1.54, 1.807) is 0 Å². The van der Waals surface area contributed by atoms with Crippen molar-refractivity contribution in [2.24, 2.45) is 47.3 Å². The lowest BCUT2D eigenvalue weighted by Gasteiger charge is -2.41. The van der Waals surface area contributed by atoms with Gasteiger partial charge in [0.15, 0.2) is 0 Å². The van der Waals surface area contributed by atoms with Gasteiger partial charge in [-0.1, -0.05) is 17.7 Å². The molecule has 7 rings (SSSR count). The quantitative estimate of drug-likeness (QED) is 0.601. The summed E-state index contributed by atoms with van der Waals surface area (Å²) in [6.07, 6.45) is 8.09. The van der Waals surface area contributed by atoms with E-state index >= 15 is 0 Å². The van der Waals surface area contributed by atoms with Crippen LogP contribution in [0.2, 0.25) is 0 Å². The molecular formula is C15H17ClO. The summed E-state index contributed by atoms with van der Waals surface area (Å²) < 4.78 is 5.95. The van der Waals surface area contributed by atoms with Crippen LogP contribution >= 0.6 is 11.6 Å². The molecule has 0 N–H and O–H groups in total. The zero-order valence-corrected chi connectivity index (χ0v) is 10.5. The summed E-state index contributed by atoms with van der Waals surface area (Å²) in [5.74, 6) is 7.41. The molecule has 0 aromatic carbocycles. The van der Waals surface area contributed by atoms with E-state index in [1.807, 2.05) is 0 Å². The maximum Gasteiger partial charge on any atom is 0.0878 e. The van der Waals surface area contributed by atoms with Crippen LogP contribution in [0.3, 0.4) is 0 Å². The molecule has 6 fully saturated rings. The summed E-state index contributed by atoms with van der Waals surface area (Å²) in [4.78, 5) is 0. The molecule has 10 atom stereocenters. The predicted octanol–water partition coefficient (Wildman–Crippen LogP) is 3.04. The lowest BCUT2D eigenvalue weighted by Crippen LogP contribution is -2.38. The van der Waals surface area contributed by atoms with Gasteiger partial charge in [-0.3, -0.25) is 0 Å². The SMILES string of the molecule is ClC1=CC2CC1CC1CC3C2C2C4OC4C3C12. The first-order valence-electron chi connectivity index (χ1n) is 7.35. The van der Waals surface area contributed by atoms with Crippen molar-refractivity contribution < 1.29 is 4.74 Å². The highest BCUT2D eigenvalue weighted by atomic mass is 35.5. The van der Waals surface area contributed by atoms with Crippen LogP contribution in [0.25, 0.3) is 0 Å². The first-order valence-corrected chi connectivity index (χ1v) is 7.73. The van der Waals surface area contributed by atoms with Crippen molar-refractivity contribution in [2.45, 2.75) is 31.5 Å². The normalized spacial score (nSPS) is 72.4. The summed E-state index contributed by atoms with van der Waals surface area (Å²) in [6, 6.07) is 0. The van der Waals surface area contributed by atoms with Crippen molar-refractivity contribution in [3.05, 3.63) is 11.1 Å². The fraction of sp³-hybridized carbons (Fsp3) is 0.867. The number of rotatable bonds is 0. The second-order valence-corrected chi connectivity index (χ2v) is 7.85. The van der Waals surface area contributed by atoms with Gasteiger partial charge in [0.2, 0.25) is 0 Å². The van der Waals surface area contributed by atoms with Crippen LogP contribution in [0, 0.1) is 47.3 Å². The van der Waals surface area contributed by atoms with Crippen LogP contribution in [0.4, 0.5) is 0 Å². The molecule has 2 heteroatoms. The summed E-state index contributed by atoms with van der Waals surface area (Å²) in [5, 5.41) is 1.21. The molecule has 0 aromatic rings. The molecule has 5 saturated carbocycles. The zero-order chi connectivity index (χ0) is 10.9. The number of ether oxygens (including phenoxy) is 1. The molecule has 0 spiro atoms. The van der Waals surface area contributed by atoms with Gasteiger partial charge in [0.25, 0.3) is 0 Å². The molecule has 1 saturated heterocycles. The standard InChI is InChI=1S/C15H17ClO/c16-9-4-7-2-5(9)1-6-3-8-10(7)13-11(6)12(8)14-15(13)17-14/h4-8,10-15H,1-3H2. The Morgan fingerprint density at radius 1 is 1.00 bits per heavy atom. The molecule has 6 aliphatic carbocycles. The minimum absolute atomic E-state index is 0.679. The van der Waals surface area contributed by atoms with E-state index in [-0.39, 0.29) is 0 Å². The fourth-order valence-electron chi connectivity index (χ4n) is 7.00. The largest absolute Gasteiger partial charge is 0.369 e. The molecule has 8 bridgehead atoms. The van der Waals surface area contributed by atoms with Gasteiger partial charge in [0, 0.05) is 5.03 Å². The minimum Gasteiger partial charge on any atom is -0.369 e. The first kappa shape index (κ1) is 8.98. The monoisotopic (exact) mass is 248 g/mol. The second kappa shape index (κ2) is 2.49. The third-order valence-electron chi connectivity index (χ3n) is 7.16. The molecule has 1 nitrogen and oxygen atoms in total. The minimum atomic E-state index is 0.679. The Balaban J connectivity index is 1.55. The number of allylic oxidation sites excluding steroid dienone is 2. The molecule has 90 valence electrons. The Bertz CT molecular complexity index is 458. The van der Waals surface area contributed by atoms with Crippen LogP contribution in [0.5, 0.6) is 0 Å². The maximum atomic E-state index is 6.46. The predicted molar refractivity (Wildman–Crippen MR) is 64.4 cm³/mol. The zero-order valence-electron chi connectivity index (χ0n) is 9.76. The lowest BCUT2D eigenvalue weighted by atomic mass is 9.63. The van der Waals surface area contributed by atoms with Crippen LogP contribution in [-0.2, 0) is 4.74 Å². The Hall–Kier alpha value is -0.0100. The molecule has 0 aromatic heterocycles. The van der Waals surface area contributed by atoms with Gasteiger partial charge in [-0.05, 0) is 66.6 Å². The third kappa shape index (κ3) is 0.814. The van der Waals surface area contributed by atoms with Crippen molar-refractivity contribution >= 4 is 11.6 Å². The molecule has 7 aliphatic rings. The summed E-state index contributed by atoms with van der Waals surface area (Å²) in [7, 11) is 0. The van der Waals surface area contributed by atoms with Gasteiger partial charge in [-0.2, -0.15) is 0 Å². The number of fused-ring (bicyclic) bond motifs is 1. The van der Waals surface area contributed by atoms with Gasteiger partial charge in [0.05, 0.1) is 12.2 Å². The third-order valence-corrected chi connectivity index (χ3v) is 7.60. The molecule has 0 radical (unpaired) electrons. The summed E-state index contributed by atoms with van der Waals surface area (Å²) >= 11 is 6.46. The molecule has 1 heterocycles. The van der Waals surface area contributed by atoms with E-state index in [0.717, 1.165) is 47.3 Å². The van der Waals surface area contributed by atoms with Crippen molar-refractivity contribution in [2.75, 3.05) is 0 Å². The number of hydrogen-bond donors (Lipinski definition) is 0. The summed E-state index contributed by atoms with van der Waals surface area (Å²) in [5.41, 5.74) is 0. The van der Waals surface area contributed by atoms with Crippen molar-refractivity contribution in [3.8, 4) is 0 Å². The van der Waals surface area contributed by atoms with Crippen LogP contribution in [0.1, 0.15) is 19.3 Å². The highest BCUT2D eigenvalue weighted by Gasteiger charge is 2.77. The van der Waals surface area contributed by atoms with Crippen LogP contribution in [0.15, 0.2) is 11.1 Å². The maximum absolute atomic E-state index is 6.46. The van der Waals surface area contributed by atoms with Gasteiger partial charge in [0.1, 0.15) is 0 Å².